The van der Waals surface area contributed by atoms with Crippen LogP contribution in [-0.4, -0.2) is 40.4 Å². The van der Waals surface area contributed by atoms with Crippen molar-refractivity contribution in [3.63, 3.8) is 0 Å². The number of halogens is 2. The molecule has 2 aromatic rings. The summed E-state index contributed by atoms with van der Waals surface area (Å²) < 4.78 is 14.6. The summed E-state index contributed by atoms with van der Waals surface area (Å²) in [5, 5.41) is 20.1. The van der Waals surface area contributed by atoms with Crippen LogP contribution in [0.15, 0.2) is 36.0 Å². The second kappa shape index (κ2) is 8.13. The Labute approximate surface area is 151 Å². The Bertz CT molecular complexity index is 804. The molecule has 8 heteroatoms. The predicted octanol–water partition coefficient (Wildman–Crippen LogP) is 2.10. The second-order valence-electron chi connectivity index (χ2n) is 5.74. The van der Waals surface area contributed by atoms with E-state index in [1.807, 2.05) is 6.08 Å². The number of aromatic nitrogens is 2. The first-order valence-electron chi connectivity index (χ1n) is 7.76. The summed E-state index contributed by atoms with van der Waals surface area (Å²) in [5.41, 5.74) is 2.36. The van der Waals surface area contributed by atoms with Gasteiger partial charge in [-0.3, -0.25) is 4.79 Å². The topological polar surface area (TPSA) is 79.2 Å². The van der Waals surface area contributed by atoms with Gasteiger partial charge in [0.25, 0.3) is 5.91 Å². The normalized spacial score (nSPS) is 13.8. The van der Waals surface area contributed by atoms with Crippen molar-refractivity contribution < 1.29 is 14.3 Å². The molecule has 0 saturated heterocycles. The zero-order valence-corrected chi connectivity index (χ0v) is 14.6. The van der Waals surface area contributed by atoms with Crippen LogP contribution in [-0.2, 0) is 0 Å². The fraction of sp³-hybridized carbons (Fsp3) is 0.294. The van der Waals surface area contributed by atoms with E-state index in [1.165, 1.54) is 23.0 Å². The minimum atomic E-state index is -0.439. The molecule has 0 atom stereocenters. The number of aromatic hydroxyl groups is 1. The molecule has 1 aliphatic heterocycles. The highest BCUT2D eigenvalue weighted by atomic mass is 35.5. The number of benzene rings is 1. The fourth-order valence-electron chi connectivity index (χ4n) is 2.63. The maximum Gasteiger partial charge on any atom is 0.275 e. The zero-order chi connectivity index (χ0) is 17.1. The monoisotopic (exact) mass is 366 g/mol. The molecule has 0 bridgehead atoms. The maximum absolute atomic E-state index is 13.2. The molecule has 1 aliphatic rings. The molecule has 25 heavy (non-hydrogen) atoms. The van der Waals surface area contributed by atoms with Gasteiger partial charge in [-0.2, -0.15) is 5.10 Å². The van der Waals surface area contributed by atoms with Gasteiger partial charge in [-0.25, -0.2) is 9.07 Å². The number of nitrogens with zero attached hydrogens (tertiary/aromatic N) is 2. The minimum Gasteiger partial charge on any atom is -0.504 e. The molecular weight excluding hydrogens is 347 g/mol. The van der Waals surface area contributed by atoms with Crippen molar-refractivity contribution in [2.24, 2.45) is 0 Å². The van der Waals surface area contributed by atoms with E-state index in [1.54, 1.807) is 13.0 Å². The average Bonchev–Trinajstić information content (AvgIpc) is 2.95. The Balaban J connectivity index is 0.00000225. The molecule has 2 heterocycles. The van der Waals surface area contributed by atoms with E-state index >= 15 is 0 Å². The van der Waals surface area contributed by atoms with Gasteiger partial charge in [0.15, 0.2) is 11.4 Å². The van der Waals surface area contributed by atoms with Gasteiger partial charge in [-0.05, 0) is 43.7 Å². The van der Waals surface area contributed by atoms with E-state index < -0.39 is 5.91 Å². The van der Waals surface area contributed by atoms with Crippen molar-refractivity contribution in [1.82, 2.24) is 20.4 Å². The first-order chi connectivity index (χ1) is 11.5. The number of rotatable bonds is 4. The van der Waals surface area contributed by atoms with Crippen LogP contribution in [0.5, 0.6) is 5.75 Å². The number of aryl methyl sites for hydroxylation is 1. The molecule has 1 aromatic carbocycles. The third-order valence-corrected chi connectivity index (χ3v) is 3.95. The van der Waals surface area contributed by atoms with E-state index in [4.69, 9.17) is 0 Å². The van der Waals surface area contributed by atoms with Gasteiger partial charge in [0, 0.05) is 13.1 Å². The first-order valence-corrected chi connectivity index (χ1v) is 7.76. The summed E-state index contributed by atoms with van der Waals surface area (Å²) in [5.74, 6) is -0.998. The molecule has 1 aromatic heterocycles. The van der Waals surface area contributed by atoms with Crippen LogP contribution in [0.1, 0.15) is 22.5 Å². The summed E-state index contributed by atoms with van der Waals surface area (Å²) in [6.07, 6.45) is 4.28. The summed E-state index contributed by atoms with van der Waals surface area (Å²) in [6.45, 7) is 3.86. The van der Waals surface area contributed by atoms with Gasteiger partial charge in [0.1, 0.15) is 5.82 Å². The highest BCUT2D eigenvalue weighted by molar-refractivity contribution is 5.94. The lowest BCUT2D eigenvalue weighted by molar-refractivity contribution is 0.0948. The van der Waals surface area contributed by atoms with Crippen LogP contribution in [0.4, 0.5) is 4.39 Å². The standard InChI is InChI=1S/C17H19FN4O2.ClH/c1-11-8-13(18)2-3-14(11)22-10-15(23)16(21-22)17(24)20-9-12-4-6-19-7-5-12;/h2-4,8,10,19,23H,5-7,9H2,1H3,(H,20,24);1H. The van der Waals surface area contributed by atoms with E-state index in [0.29, 0.717) is 17.8 Å². The lowest BCUT2D eigenvalue weighted by Gasteiger charge is -2.14. The van der Waals surface area contributed by atoms with Crippen molar-refractivity contribution in [3.8, 4) is 11.4 Å². The third-order valence-electron chi connectivity index (χ3n) is 3.95. The number of hydrogen-bond donors (Lipinski definition) is 3. The Hall–Kier alpha value is -2.38. The number of carbonyl (C=O) groups excluding carboxylic acids is 1. The van der Waals surface area contributed by atoms with Crippen LogP contribution >= 0.6 is 12.4 Å². The van der Waals surface area contributed by atoms with Gasteiger partial charge in [-0.15, -0.1) is 12.4 Å². The Kier molecular flexibility index (Phi) is 6.17. The molecule has 0 saturated carbocycles. The van der Waals surface area contributed by atoms with Gasteiger partial charge in [0.05, 0.1) is 11.9 Å². The molecule has 0 radical (unpaired) electrons. The summed E-state index contributed by atoms with van der Waals surface area (Å²) in [7, 11) is 0. The quantitative estimate of drug-likeness (QED) is 0.724. The largest absolute Gasteiger partial charge is 0.504 e. The molecule has 0 fully saturated rings. The van der Waals surface area contributed by atoms with E-state index in [0.717, 1.165) is 25.1 Å². The van der Waals surface area contributed by atoms with Crippen LogP contribution < -0.4 is 10.6 Å². The highest BCUT2D eigenvalue weighted by Gasteiger charge is 2.18. The highest BCUT2D eigenvalue weighted by Crippen LogP contribution is 2.21. The third kappa shape index (κ3) is 4.37. The van der Waals surface area contributed by atoms with Crippen molar-refractivity contribution in [1.29, 1.82) is 0 Å². The summed E-state index contributed by atoms with van der Waals surface area (Å²) in [6, 6.07) is 4.24. The molecule has 0 unspecified atom stereocenters. The average molecular weight is 367 g/mol. The van der Waals surface area contributed by atoms with Crippen LogP contribution in [0.2, 0.25) is 0 Å². The number of hydrogen-bond acceptors (Lipinski definition) is 4. The first kappa shape index (κ1) is 19.0. The molecule has 0 spiro atoms. The molecule has 0 aliphatic carbocycles. The van der Waals surface area contributed by atoms with Gasteiger partial charge in [-0.1, -0.05) is 11.6 Å². The van der Waals surface area contributed by atoms with Crippen molar-refractivity contribution >= 4 is 18.3 Å². The minimum absolute atomic E-state index is 0. The van der Waals surface area contributed by atoms with Crippen molar-refractivity contribution in [3.05, 3.63) is 53.1 Å². The Morgan fingerprint density at radius 1 is 1.48 bits per heavy atom. The van der Waals surface area contributed by atoms with Crippen molar-refractivity contribution in [2.75, 3.05) is 19.6 Å². The molecule has 6 nitrogen and oxygen atoms in total. The Morgan fingerprint density at radius 2 is 2.28 bits per heavy atom. The SMILES string of the molecule is Cc1cc(F)ccc1-n1cc(O)c(C(=O)NCC2=CCNCC2)n1.Cl. The summed E-state index contributed by atoms with van der Waals surface area (Å²) >= 11 is 0. The van der Waals surface area contributed by atoms with Gasteiger partial charge < -0.3 is 15.7 Å². The van der Waals surface area contributed by atoms with Crippen LogP contribution in [0.3, 0.4) is 0 Å². The van der Waals surface area contributed by atoms with Crippen molar-refractivity contribution in [2.45, 2.75) is 13.3 Å². The maximum atomic E-state index is 13.2. The van der Waals surface area contributed by atoms with Crippen LogP contribution in [0, 0.1) is 12.7 Å². The lowest BCUT2D eigenvalue weighted by atomic mass is 10.1. The fourth-order valence-corrected chi connectivity index (χ4v) is 2.63. The van der Waals surface area contributed by atoms with E-state index in [2.05, 4.69) is 15.7 Å². The summed E-state index contributed by atoms with van der Waals surface area (Å²) in [4.78, 5) is 12.2. The zero-order valence-electron chi connectivity index (χ0n) is 13.8. The predicted molar refractivity (Wildman–Crippen MR) is 95.1 cm³/mol. The van der Waals surface area contributed by atoms with E-state index in [-0.39, 0.29) is 29.7 Å². The lowest BCUT2D eigenvalue weighted by Crippen LogP contribution is -2.30. The van der Waals surface area contributed by atoms with Gasteiger partial charge >= 0.3 is 0 Å². The molecule has 3 rings (SSSR count). The van der Waals surface area contributed by atoms with Gasteiger partial charge in [0.2, 0.25) is 0 Å². The molecule has 1 amide bonds. The van der Waals surface area contributed by atoms with E-state index in [9.17, 15) is 14.3 Å². The smallest absolute Gasteiger partial charge is 0.275 e. The number of amides is 1. The Morgan fingerprint density at radius 3 is 2.96 bits per heavy atom. The molecule has 3 N–H and O–H groups in total. The number of nitrogens with one attached hydrogen (secondary N) is 2. The van der Waals surface area contributed by atoms with Crippen LogP contribution in [0.25, 0.3) is 5.69 Å². The number of carbonyl (C=O) groups is 1. The molecule has 134 valence electrons. The second-order valence-corrected chi connectivity index (χ2v) is 5.74. The molecular formula is C17H20ClFN4O2.